The van der Waals surface area contributed by atoms with E-state index in [4.69, 9.17) is 9.57 Å². The normalized spacial score (nSPS) is 27.6. The standard InChI is InChI=1S/C19H24N2O4/c1-5-20(6-2)18(23)19(3)15(13-10-8-7-9-11-13)16-14(17(22)24-4)12-25-21(16)19/h7-12,15-16H,5-6H2,1-4H3/t15-,16-,19+/m0/s1. The quantitative estimate of drug-likeness (QED) is 0.766. The molecule has 1 amide bonds. The lowest BCUT2D eigenvalue weighted by Gasteiger charge is -2.57. The first-order valence-electron chi connectivity index (χ1n) is 8.59. The van der Waals surface area contributed by atoms with Gasteiger partial charge in [-0.3, -0.25) is 4.79 Å². The summed E-state index contributed by atoms with van der Waals surface area (Å²) >= 11 is 0. The van der Waals surface area contributed by atoms with Crippen LogP contribution in [0, 0.1) is 0 Å². The number of carbonyl (C=O) groups excluding carboxylic acids is 2. The molecule has 25 heavy (non-hydrogen) atoms. The van der Waals surface area contributed by atoms with Crippen molar-refractivity contribution >= 4 is 11.9 Å². The van der Waals surface area contributed by atoms with Gasteiger partial charge < -0.3 is 14.5 Å². The van der Waals surface area contributed by atoms with E-state index in [1.54, 1.807) is 9.96 Å². The molecule has 1 saturated heterocycles. The third-order valence-corrected chi connectivity index (χ3v) is 5.31. The molecule has 0 unspecified atom stereocenters. The minimum Gasteiger partial charge on any atom is -0.466 e. The minimum atomic E-state index is -0.871. The van der Waals surface area contributed by atoms with Gasteiger partial charge in [-0.2, -0.15) is 0 Å². The number of nitrogens with zero attached hydrogens (tertiary/aromatic N) is 2. The van der Waals surface area contributed by atoms with Crippen molar-refractivity contribution in [3.8, 4) is 0 Å². The third kappa shape index (κ3) is 2.43. The van der Waals surface area contributed by atoms with Crippen LogP contribution in [-0.2, 0) is 19.2 Å². The van der Waals surface area contributed by atoms with Gasteiger partial charge in [0.25, 0.3) is 0 Å². The Morgan fingerprint density at radius 1 is 1.24 bits per heavy atom. The van der Waals surface area contributed by atoms with Crippen molar-refractivity contribution in [3.05, 3.63) is 47.7 Å². The van der Waals surface area contributed by atoms with Crippen molar-refractivity contribution in [2.45, 2.75) is 38.3 Å². The fraction of sp³-hybridized carbons (Fsp3) is 0.474. The zero-order chi connectivity index (χ0) is 18.2. The smallest absolute Gasteiger partial charge is 0.338 e. The monoisotopic (exact) mass is 344 g/mol. The molecule has 0 N–H and O–H groups in total. The molecule has 3 rings (SSSR count). The second kappa shape index (κ2) is 6.52. The van der Waals surface area contributed by atoms with Crippen LogP contribution in [0.3, 0.4) is 0 Å². The van der Waals surface area contributed by atoms with Gasteiger partial charge >= 0.3 is 5.97 Å². The molecule has 6 heteroatoms. The second-order valence-electron chi connectivity index (χ2n) is 6.45. The molecular weight excluding hydrogens is 320 g/mol. The van der Waals surface area contributed by atoms with Crippen molar-refractivity contribution in [2.75, 3.05) is 20.2 Å². The Morgan fingerprint density at radius 2 is 1.88 bits per heavy atom. The summed E-state index contributed by atoms with van der Waals surface area (Å²) in [5.74, 6) is -0.609. The highest BCUT2D eigenvalue weighted by molar-refractivity contribution is 5.94. The van der Waals surface area contributed by atoms with E-state index < -0.39 is 11.5 Å². The molecule has 0 aliphatic carbocycles. The molecule has 134 valence electrons. The number of amides is 1. The number of hydrogen-bond acceptors (Lipinski definition) is 5. The topological polar surface area (TPSA) is 59.1 Å². The van der Waals surface area contributed by atoms with Gasteiger partial charge in [0, 0.05) is 19.0 Å². The number of benzene rings is 1. The molecule has 0 spiro atoms. The van der Waals surface area contributed by atoms with Gasteiger partial charge in [-0.25, -0.2) is 4.79 Å². The molecule has 6 nitrogen and oxygen atoms in total. The predicted molar refractivity (Wildman–Crippen MR) is 92.3 cm³/mol. The van der Waals surface area contributed by atoms with Gasteiger partial charge in [0.2, 0.25) is 5.91 Å². The summed E-state index contributed by atoms with van der Waals surface area (Å²) in [6.45, 7) is 7.06. The number of fused-ring (bicyclic) bond motifs is 1. The number of ether oxygens (including phenoxy) is 1. The highest BCUT2D eigenvalue weighted by Gasteiger charge is 2.68. The van der Waals surface area contributed by atoms with E-state index in [-0.39, 0.29) is 17.9 Å². The zero-order valence-electron chi connectivity index (χ0n) is 15.1. The van der Waals surface area contributed by atoms with Gasteiger partial charge in [0.05, 0.1) is 18.7 Å². The highest BCUT2D eigenvalue weighted by Crippen LogP contribution is 2.55. The molecule has 0 radical (unpaired) electrons. The van der Waals surface area contributed by atoms with Crippen LogP contribution in [0.1, 0.15) is 32.3 Å². The van der Waals surface area contributed by atoms with Crippen LogP contribution in [0.4, 0.5) is 0 Å². The molecule has 2 heterocycles. The Labute approximate surface area is 147 Å². The van der Waals surface area contributed by atoms with Crippen LogP contribution < -0.4 is 0 Å². The summed E-state index contributed by atoms with van der Waals surface area (Å²) in [5.41, 5.74) is 0.581. The van der Waals surface area contributed by atoms with Gasteiger partial charge in [-0.15, -0.1) is 5.06 Å². The number of esters is 1. The van der Waals surface area contributed by atoms with E-state index in [0.717, 1.165) is 5.56 Å². The summed E-state index contributed by atoms with van der Waals surface area (Å²) in [6, 6.07) is 9.48. The van der Waals surface area contributed by atoms with E-state index in [1.165, 1.54) is 13.4 Å². The first-order chi connectivity index (χ1) is 12.0. The van der Waals surface area contributed by atoms with Gasteiger partial charge in [-0.1, -0.05) is 30.3 Å². The predicted octanol–water partition coefficient (Wildman–Crippen LogP) is 2.08. The molecule has 1 aromatic carbocycles. The van der Waals surface area contributed by atoms with Gasteiger partial charge in [0.1, 0.15) is 11.8 Å². The summed E-state index contributed by atoms with van der Waals surface area (Å²) in [5, 5.41) is 1.64. The van der Waals surface area contributed by atoms with Gasteiger partial charge in [0.15, 0.2) is 0 Å². The average Bonchev–Trinajstić information content (AvgIpc) is 3.03. The number of likely N-dealkylation sites (N-methyl/N-ethyl adjacent to an activating group) is 1. The van der Waals surface area contributed by atoms with Crippen LogP contribution in [0.25, 0.3) is 0 Å². The van der Waals surface area contributed by atoms with E-state index in [9.17, 15) is 9.59 Å². The fourth-order valence-corrected chi connectivity index (χ4v) is 3.96. The van der Waals surface area contributed by atoms with Gasteiger partial charge in [-0.05, 0) is 26.3 Å². The minimum absolute atomic E-state index is 0.00196. The van der Waals surface area contributed by atoms with Crippen LogP contribution in [0.2, 0.25) is 0 Å². The lowest BCUT2D eigenvalue weighted by Crippen LogP contribution is -2.74. The van der Waals surface area contributed by atoms with E-state index in [0.29, 0.717) is 18.7 Å². The fourth-order valence-electron chi connectivity index (χ4n) is 3.96. The molecule has 0 aromatic heterocycles. The molecule has 3 atom stereocenters. The highest BCUT2D eigenvalue weighted by atomic mass is 16.7. The van der Waals surface area contributed by atoms with Crippen molar-refractivity contribution < 1.29 is 19.2 Å². The maximum atomic E-state index is 13.2. The maximum Gasteiger partial charge on any atom is 0.338 e. The average molecular weight is 344 g/mol. The third-order valence-electron chi connectivity index (χ3n) is 5.31. The summed E-state index contributed by atoms with van der Waals surface area (Å²) in [7, 11) is 1.35. The van der Waals surface area contributed by atoms with E-state index in [1.807, 2.05) is 51.1 Å². The first-order valence-corrected chi connectivity index (χ1v) is 8.59. The molecule has 2 aliphatic heterocycles. The van der Waals surface area contributed by atoms with Crippen LogP contribution in [-0.4, -0.2) is 53.6 Å². The van der Waals surface area contributed by atoms with Crippen LogP contribution in [0.5, 0.6) is 0 Å². The number of carbonyl (C=O) groups is 2. The first kappa shape index (κ1) is 17.5. The molecule has 0 bridgehead atoms. The molecule has 0 saturated carbocycles. The van der Waals surface area contributed by atoms with E-state index >= 15 is 0 Å². The lowest BCUT2D eigenvalue weighted by molar-refractivity contribution is -0.255. The zero-order valence-corrected chi connectivity index (χ0v) is 15.1. The SMILES string of the molecule is CCN(CC)C(=O)[C@@]1(C)[C@@H](c2ccccc2)[C@@H]2C(C(=O)OC)=CON21. The van der Waals surface area contributed by atoms with Crippen molar-refractivity contribution in [2.24, 2.45) is 0 Å². The van der Waals surface area contributed by atoms with Crippen molar-refractivity contribution in [3.63, 3.8) is 0 Å². The number of hydroxylamine groups is 2. The summed E-state index contributed by atoms with van der Waals surface area (Å²) in [4.78, 5) is 32.8. The second-order valence-corrected chi connectivity index (χ2v) is 6.45. The van der Waals surface area contributed by atoms with Crippen molar-refractivity contribution in [1.29, 1.82) is 0 Å². The molecule has 1 fully saturated rings. The van der Waals surface area contributed by atoms with Crippen LogP contribution >= 0.6 is 0 Å². The molecule has 1 aromatic rings. The van der Waals surface area contributed by atoms with E-state index in [2.05, 4.69) is 0 Å². The summed E-state index contributed by atoms with van der Waals surface area (Å²) in [6.07, 6.45) is 1.41. The molecule has 2 aliphatic rings. The Balaban J connectivity index is 2.02. The Hall–Kier alpha value is -2.34. The number of methoxy groups -OCH3 is 1. The maximum absolute atomic E-state index is 13.2. The van der Waals surface area contributed by atoms with Crippen molar-refractivity contribution in [1.82, 2.24) is 9.96 Å². The Morgan fingerprint density at radius 3 is 2.44 bits per heavy atom. The lowest BCUT2D eigenvalue weighted by atomic mass is 9.65. The number of rotatable bonds is 5. The number of hydrogen-bond donors (Lipinski definition) is 0. The Bertz CT molecular complexity index is 699. The largest absolute Gasteiger partial charge is 0.466 e. The summed E-state index contributed by atoms with van der Waals surface area (Å²) < 4.78 is 4.88. The Kier molecular flexibility index (Phi) is 4.56. The van der Waals surface area contributed by atoms with Crippen LogP contribution in [0.15, 0.2) is 42.2 Å². The molecular formula is C19H24N2O4.